The van der Waals surface area contributed by atoms with Gasteiger partial charge in [0.1, 0.15) is 0 Å². The van der Waals surface area contributed by atoms with E-state index in [0.717, 1.165) is 5.56 Å². The van der Waals surface area contributed by atoms with Crippen LogP contribution in [0.3, 0.4) is 0 Å². The Morgan fingerprint density at radius 1 is 1.44 bits per heavy atom. The molecule has 0 bridgehead atoms. The topological polar surface area (TPSA) is 54.4 Å². The highest BCUT2D eigenvalue weighted by atomic mass is 32.1. The van der Waals surface area contributed by atoms with E-state index in [2.05, 4.69) is 12.6 Å². The van der Waals surface area contributed by atoms with Crippen LogP contribution in [-0.2, 0) is 11.2 Å². The third-order valence-electron chi connectivity index (χ3n) is 2.36. The Balaban J connectivity index is 2.82. The van der Waals surface area contributed by atoms with Crippen LogP contribution in [0.4, 0.5) is 0 Å². The number of aliphatic carboxylic acids is 1. The van der Waals surface area contributed by atoms with Gasteiger partial charge in [0.2, 0.25) is 0 Å². The minimum Gasteiger partial charge on any atom is -0.481 e. The predicted molar refractivity (Wildman–Crippen MR) is 65.1 cm³/mol. The first kappa shape index (κ1) is 12.8. The van der Waals surface area contributed by atoms with Crippen molar-refractivity contribution in [2.24, 2.45) is 5.92 Å². The van der Waals surface area contributed by atoms with E-state index in [1.807, 2.05) is 6.07 Å². The number of benzene rings is 1. The maximum Gasteiger partial charge on any atom is 0.306 e. The highest BCUT2D eigenvalue weighted by molar-refractivity contribution is 7.81. The van der Waals surface area contributed by atoms with Gasteiger partial charge in [-0.15, -0.1) is 0 Å². The van der Waals surface area contributed by atoms with Gasteiger partial charge in [0.25, 0.3) is 0 Å². The van der Waals surface area contributed by atoms with Crippen LogP contribution >= 0.6 is 12.6 Å². The minimum atomic E-state index is -0.828. The average Bonchev–Trinajstić information content (AvgIpc) is 2.28. The van der Waals surface area contributed by atoms with Crippen molar-refractivity contribution in [2.45, 2.75) is 13.3 Å². The maximum absolute atomic E-state index is 11.4. The first-order valence-corrected chi connectivity index (χ1v) is 5.63. The lowest BCUT2D eigenvalue weighted by Crippen LogP contribution is -2.12. The summed E-state index contributed by atoms with van der Waals surface area (Å²) in [6.45, 7) is 1.65. The molecule has 0 saturated carbocycles. The Bertz CT molecular complexity index is 401. The third kappa shape index (κ3) is 3.38. The lowest BCUT2D eigenvalue weighted by molar-refractivity contribution is -0.141. The molecule has 0 heterocycles. The van der Waals surface area contributed by atoms with Gasteiger partial charge >= 0.3 is 5.97 Å². The predicted octanol–water partition coefficient (Wildman–Crippen LogP) is 2.06. The lowest BCUT2D eigenvalue weighted by atomic mass is 9.99. The summed E-state index contributed by atoms with van der Waals surface area (Å²) >= 11 is 3.92. The Morgan fingerprint density at radius 2 is 2.12 bits per heavy atom. The van der Waals surface area contributed by atoms with Crippen LogP contribution in [0.15, 0.2) is 24.3 Å². The first-order chi connectivity index (χ1) is 7.54. The van der Waals surface area contributed by atoms with E-state index in [1.165, 1.54) is 0 Å². The number of hydrogen-bond acceptors (Lipinski definition) is 3. The number of carboxylic acids is 1. The lowest BCUT2D eigenvalue weighted by Gasteiger charge is -2.07. The molecule has 0 amide bonds. The van der Waals surface area contributed by atoms with E-state index in [0.29, 0.717) is 12.0 Å². The fourth-order valence-corrected chi connectivity index (χ4v) is 1.59. The normalized spacial score (nSPS) is 12.1. The van der Waals surface area contributed by atoms with Crippen LogP contribution in [0.2, 0.25) is 0 Å². The molecule has 0 spiro atoms. The molecule has 0 aliphatic carbocycles. The molecule has 3 nitrogen and oxygen atoms in total. The van der Waals surface area contributed by atoms with Crippen LogP contribution in [0.1, 0.15) is 22.8 Å². The molecule has 16 heavy (non-hydrogen) atoms. The molecule has 1 N–H and O–H groups in total. The van der Waals surface area contributed by atoms with Crippen molar-refractivity contribution < 1.29 is 14.7 Å². The van der Waals surface area contributed by atoms with Crippen molar-refractivity contribution in [1.29, 1.82) is 0 Å². The zero-order valence-electron chi connectivity index (χ0n) is 9.01. The number of carbonyl (C=O) groups is 2. The Labute approximate surface area is 99.9 Å². The van der Waals surface area contributed by atoms with E-state index < -0.39 is 11.9 Å². The summed E-state index contributed by atoms with van der Waals surface area (Å²) in [7, 11) is 0. The number of hydrogen-bond donors (Lipinski definition) is 2. The Kier molecular flexibility index (Phi) is 4.55. The van der Waals surface area contributed by atoms with Crippen LogP contribution < -0.4 is 0 Å². The summed E-state index contributed by atoms with van der Waals surface area (Å²) in [6, 6.07) is 7.04. The molecule has 0 saturated heterocycles. The third-order valence-corrected chi connectivity index (χ3v) is 2.64. The van der Waals surface area contributed by atoms with Crippen molar-refractivity contribution >= 4 is 24.4 Å². The maximum atomic E-state index is 11.4. The number of carboxylic acid groups (broad SMARTS) is 1. The molecular weight excluding hydrogens is 224 g/mol. The Morgan fingerprint density at radius 3 is 2.69 bits per heavy atom. The van der Waals surface area contributed by atoms with Gasteiger partial charge in [-0.1, -0.05) is 25.1 Å². The van der Waals surface area contributed by atoms with Gasteiger partial charge in [0, 0.05) is 5.56 Å². The zero-order valence-corrected chi connectivity index (χ0v) is 9.91. The number of rotatable bonds is 5. The summed E-state index contributed by atoms with van der Waals surface area (Å²) < 4.78 is 0. The fraction of sp³-hybridized carbons (Fsp3) is 0.333. The van der Waals surface area contributed by atoms with Crippen LogP contribution in [-0.4, -0.2) is 22.6 Å². The highest BCUT2D eigenvalue weighted by Crippen LogP contribution is 2.12. The second kappa shape index (κ2) is 5.70. The zero-order chi connectivity index (χ0) is 12.1. The monoisotopic (exact) mass is 238 g/mol. The van der Waals surface area contributed by atoms with E-state index in [9.17, 15) is 9.59 Å². The molecule has 1 atom stereocenters. The standard InChI is InChI=1S/C12H14O3S/c1-8(12(14)15)5-9-3-2-4-10(6-9)11(13)7-16/h2-4,6,8,16H,5,7H2,1H3,(H,14,15). The number of Topliss-reactive ketones (excluding diaryl/α,β-unsaturated/α-hetero) is 1. The second-order valence-corrected chi connectivity index (χ2v) is 4.04. The molecule has 0 radical (unpaired) electrons. The summed E-state index contributed by atoms with van der Waals surface area (Å²) in [5.41, 5.74) is 1.45. The first-order valence-electron chi connectivity index (χ1n) is 5.00. The van der Waals surface area contributed by atoms with E-state index >= 15 is 0 Å². The quantitative estimate of drug-likeness (QED) is 0.610. The number of carbonyl (C=O) groups excluding carboxylic acids is 1. The minimum absolute atomic E-state index is 0.0480. The molecule has 1 aromatic carbocycles. The van der Waals surface area contributed by atoms with Gasteiger partial charge in [-0.25, -0.2) is 0 Å². The van der Waals surface area contributed by atoms with Gasteiger partial charge < -0.3 is 5.11 Å². The van der Waals surface area contributed by atoms with Crippen LogP contribution in [0.5, 0.6) is 0 Å². The average molecular weight is 238 g/mol. The SMILES string of the molecule is CC(Cc1cccc(C(=O)CS)c1)C(=O)O. The molecule has 0 aliphatic rings. The molecule has 4 heteroatoms. The Hall–Kier alpha value is -1.29. The summed E-state index contributed by atoms with van der Waals surface area (Å²) in [5, 5.41) is 8.79. The van der Waals surface area contributed by atoms with E-state index in [-0.39, 0.29) is 11.5 Å². The fourth-order valence-electron chi connectivity index (χ4n) is 1.40. The molecule has 0 aromatic heterocycles. The van der Waals surface area contributed by atoms with Gasteiger partial charge in [-0.3, -0.25) is 9.59 Å². The summed E-state index contributed by atoms with van der Waals surface area (Å²) in [6.07, 6.45) is 0.434. The molecule has 0 fully saturated rings. The molecular formula is C12H14O3S. The van der Waals surface area contributed by atoms with Gasteiger partial charge in [-0.2, -0.15) is 12.6 Å². The number of thiol groups is 1. The summed E-state index contributed by atoms with van der Waals surface area (Å²) in [4.78, 5) is 22.1. The van der Waals surface area contributed by atoms with Crippen molar-refractivity contribution in [1.82, 2.24) is 0 Å². The van der Waals surface area contributed by atoms with E-state index in [1.54, 1.807) is 25.1 Å². The van der Waals surface area contributed by atoms with Crippen molar-refractivity contribution in [3.05, 3.63) is 35.4 Å². The van der Waals surface area contributed by atoms with Crippen molar-refractivity contribution in [2.75, 3.05) is 5.75 Å². The van der Waals surface area contributed by atoms with Crippen LogP contribution in [0, 0.1) is 5.92 Å². The largest absolute Gasteiger partial charge is 0.481 e. The van der Waals surface area contributed by atoms with Gasteiger partial charge in [-0.05, 0) is 18.1 Å². The highest BCUT2D eigenvalue weighted by Gasteiger charge is 2.12. The number of ketones is 1. The van der Waals surface area contributed by atoms with Crippen molar-refractivity contribution in [3.8, 4) is 0 Å². The molecule has 1 rings (SSSR count). The summed E-state index contributed by atoms with van der Waals surface area (Å²) in [5.74, 6) is -1.15. The van der Waals surface area contributed by atoms with Crippen molar-refractivity contribution in [3.63, 3.8) is 0 Å². The van der Waals surface area contributed by atoms with Crippen LogP contribution in [0.25, 0.3) is 0 Å². The van der Waals surface area contributed by atoms with Gasteiger partial charge in [0.05, 0.1) is 11.7 Å². The van der Waals surface area contributed by atoms with Gasteiger partial charge in [0.15, 0.2) is 5.78 Å². The molecule has 1 unspecified atom stereocenters. The molecule has 86 valence electrons. The smallest absolute Gasteiger partial charge is 0.306 e. The van der Waals surface area contributed by atoms with E-state index in [4.69, 9.17) is 5.11 Å². The molecule has 0 aliphatic heterocycles. The second-order valence-electron chi connectivity index (χ2n) is 3.73. The molecule has 1 aromatic rings.